The maximum atomic E-state index is 8.42. The van der Waals surface area contributed by atoms with Crippen molar-refractivity contribution in [1.29, 1.82) is 5.26 Å². The van der Waals surface area contributed by atoms with Gasteiger partial charge in [-0.1, -0.05) is 13.8 Å². The van der Waals surface area contributed by atoms with Crippen molar-refractivity contribution in [3.05, 3.63) is 11.9 Å². The van der Waals surface area contributed by atoms with E-state index in [1.165, 1.54) is 0 Å². The first kappa shape index (κ1) is 9.59. The fourth-order valence-corrected chi connectivity index (χ4v) is 1.20. The van der Waals surface area contributed by atoms with Gasteiger partial charge in [-0.25, -0.2) is 0 Å². The summed E-state index contributed by atoms with van der Waals surface area (Å²) in [5.74, 6) is 0.377. The second kappa shape index (κ2) is 3.94. The molecule has 0 amide bonds. The van der Waals surface area contributed by atoms with Gasteiger partial charge in [-0.05, 0) is 5.92 Å². The molecule has 0 saturated heterocycles. The highest BCUT2D eigenvalue weighted by Crippen LogP contribution is 2.21. The number of nitrogens with zero attached hydrogens (tertiary/aromatic N) is 3. The van der Waals surface area contributed by atoms with E-state index in [2.05, 4.69) is 24.3 Å². The van der Waals surface area contributed by atoms with Crippen molar-refractivity contribution < 1.29 is 0 Å². The van der Waals surface area contributed by atoms with Crippen molar-refractivity contribution in [2.45, 2.75) is 19.8 Å². The van der Waals surface area contributed by atoms with Crippen LogP contribution >= 0.6 is 0 Å². The molecule has 0 aliphatic carbocycles. The van der Waals surface area contributed by atoms with Crippen molar-refractivity contribution in [3.8, 4) is 6.07 Å². The molecule has 0 aliphatic rings. The molecule has 0 saturated carbocycles. The zero-order valence-electron chi connectivity index (χ0n) is 8.20. The van der Waals surface area contributed by atoms with Crippen LogP contribution < -0.4 is 5.32 Å². The monoisotopic (exact) mass is 178 g/mol. The van der Waals surface area contributed by atoms with Crippen molar-refractivity contribution in [2.24, 2.45) is 7.05 Å². The normalized spacial score (nSPS) is 10.1. The molecular weight excluding hydrogens is 164 g/mol. The van der Waals surface area contributed by atoms with E-state index in [9.17, 15) is 0 Å². The lowest BCUT2D eigenvalue weighted by Gasteiger charge is -2.04. The van der Waals surface area contributed by atoms with Gasteiger partial charge < -0.3 is 5.32 Å². The summed E-state index contributed by atoms with van der Waals surface area (Å²) in [6.07, 6.45) is 1.90. The molecule has 1 heterocycles. The van der Waals surface area contributed by atoms with Crippen molar-refractivity contribution >= 4 is 5.69 Å². The van der Waals surface area contributed by atoms with Crippen LogP contribution in [-0.2, 0) is 7.05 Å². The molecule has 1 aromatic heterocycles. The molecule has 0 aliphatic heterocycles. The van der Waals surface area contributed by atoms with Crippen LogP contribution in [0.3, 0.4) is 0 Å². The van der Waals surface area contributed by atoms with E-state index >= 15 is 0 Å². The standard InChI is InChI=1S/C9H14N4/c1-7(2)9-8(11-5-4-10)6-13(3)12-9/h6-7,11H,5H2,1-3H3. The summed E-state index contributed by atoms with van der Waals surface area (Å²) in [5, 5.41) is 15.8. The summed E-state index contributed by atoms with van der Waals surface area (Å²) in [7, 11) is 1.88. The molecule has 0 radical (unpaired) electrons. The quantitative estimate of drug-likeness (QED) is 0.713. The van der Waals surface area contributed by atoms with E-state index in [0.717, 1.165) is 11.4 Å². The van der Waals surface area contributed by atoms with Gasteiger partial charge in [0.1, 0.15) is 6.54 Å². The van der Waals surface area contributed by atoms with Crippen LogP contribution in [0.25, 0.3) is 0 Å². The third-order valence-corrected chi connectivity index (χ3v) is 1.76. The van der Waals surface area contributed by atoms with Gasteiger partial charge in [0, 0.05) is 13.2 Å². The Morgan fingerprint density at radius 3 is 2.92 bits per heavy atom. The fraction of sp³-hybridized carbons (Fsp3) is 0.556. The Morgan fingerprint density at radius 2 is 2.38 bits per heavy atom. The van der Waals surface area contributed by atoms with Crippen LogP contribution in [0.1, 0.15) is 25.5 Å². The molecule has 0 atom stereocenters. The van der Waals surface area contributed by atoms with E-state index in [1.807, 2.05) is 19.3 Å². The number of nitriles is 1. The maximum Gasteiger partial charge on any atom is 0.103 e. The van der Waals surface area contributed by atoms with Gasteiger partial charge in [-0.15, -0.1) is 0 Å². The summed E-state index contributed by atoms with van der Waals surface area (Å²) >= 11 is 0. The number of hydrogen-bond acceptors (Lipinski definition) is 3. The van der Waals surface area contributed by atoms with Crippen LogP contribution in [0.5, 0.6) is 0 Å². The molecular formula is C9H14N4. The molecule has 70 valence electrons. The lowest BCUT2D eigenvalue weighted by atomic mass is 10.1. The topological polar surface area (TPSA) is 53.6 Å². The smallest absolute Gasteiger partial charge is 0.103 e. The highest BCUT2D eigenvalue weighted by Gasteiger charge is 2.09. The first-order chi connectivity index (χ1) is 6.15. The lowest BCUT2D eigenvalue weighted by molar-refractivity contribution is 0.713. The highest BCUT2D eigenvalue weighted by atomic mass is 15.3. The number of aromatic nitrogens is 2. The van der Waals surface area contributed by atoms with Crippen molar-refractivity contribution in [3.63, 3.8) is 0 Å². The second-order valence-corrected chi connectivity index (χ2v) is 3.27. The molecule has 1 aromatic rings. The van der Waals surface area contributed by atoms with Gasteiger partial charge in [-0.2, -0.15) is 10.4 Å². The van der Waals surface area contributed by atoms with E-state index in [0.29, 0.717) is 12.5 Å². The molecule has 0 unspecified atom stereocenters. The molecule has 0 bridgehead atoms. The fourth-order valence-electron chi connectivity index (χ4n) is 1.20. The Kier molecular flexibility index (Phi) is 2.91. The van der Waals surface area contributed by atoms with E-state index in [1.54, 1.807) is 4.68 Å². The minimum atomic E-state index is 0.325. The number of rotatable bonds is 3. The predicted molar refractivity (Wildman–Crippen MR) is 51.4 cm³/mol. The minimum absolute atomic E-state index is 0.325. The van der Waals surface area contributed by atoms with E-state index in [-0.39, 0.29) is 0 Å². The molecule has 0 fully saturated rings. The van der Waals surface area contributed by atoms with Crippen LogP contribution in [0.15, 0.2) is 6.20 Å². The lowest BCUT2D eigenvalue weighted by Crippen LogP contribution is -2.01. The third-order valence-electron chi connectivity index (χ3n) is 1.76. The summed E-state index contributed by atoms with van der Waals surface area (Å²) in [4.78, 5) is 0. The number of aryl methyl sites for hydroxylation is 1. The zero-order chi connectivity index (χ0) is 9.84. The Hall–Kier alpha value is -1.50. The minimum Gasteiger partial charge on any atom is -0.369 e. The maximum absolute atomic E-state index is 8.42. The Labute approximate surface area is 78.2 Å². The van der Waals surface area contributed by atoms with Gasteiger partial charge in [0.15, 0.2) is 0 Å². The molecule has 0 spiro atoms. The van der Waals surface area contributed by atoms with E-state index in [4.69, 9.17) is 5.26 Å². The number of hydrogen-bond donors (Lipinski definition) is 1. The van der Waals surface area contributed by atoms with Gasteiger partial charge in [0.2, 0.25) is 0 Å². The van der Waals surface area contributed by atoms with Crippen molar-refractivity contribution in [2.75, 3.05) is 11.9 Å². The molecule has 1 rings (SSSR count). The first-order valence-electron chi connectivity index (χ1n) is 4.29. The van der Waals surface area contributed by atoms with Crippen molar-refractivity contribution in [1.82, 2.24) is 9.78 Å². The molecule has 4 heteroatoms. The van der Waals surface area contributed by atoms with Gasteiger partial charge in [0.05, 0.1) is 17.5 Å². The third kappa shape index (κ3) is 2.22. The second-order valence-electron chi connectivity index (χ2n) is 3.27. The zero-order valence-corrected chi connectivity index (χ0v) is 8.20. The van der Waals surface area contributed by atoms with Gasteiger partial charge in [-0.3, -0.25) is 4.68 Å². The summed E-state index contributed by atoms with van der Waals surface area (Å²) in [5.41, 5.74) is 1.97. The molecule has 4 nitrogen and oxygen atoms in total. The van der Waals surface area contributed by atoms with Gasteiger partial charge >= 0.3 is 0 Å². The Bertz CT molecular complexity index is 319. The molecule has 0 aromatic carbocycles. The number of anilines is 1. The highest BCUT2D eigenvalue weighted by molar-refractivity contribution is 5.48. The Balaban J connectivity index is 2.86. The van der Waals surface area contributed by atoms with Crippen LogP contribution in [-0.4, -0.2) is 16.3 Å². The Morgan fingerprint density at radius 1 is 1.69 bits per heavy atom. The summed E-state index contributed by atoms with van der Waals surface area (Å²) < 4.78 is 1.76. The van der Waals surface area contributed by atoms with Gasteiger partial charge in [0.25, 0.3) is 0 Å². The molecule has 1 N–H and O–H groups in total. The van der Waals surface area contributed by atoms with Crippen LogP contribution in [0.2, 0.25) is 0 Å². The average molecular weight is 178 g/mol. The number of nitrogens with one attached hydrogen (secondary N) is 1. The summed E-state index contributed by atoms with van der Waals surface area (Å²) in [6, 6.07) is 2.04. The van der Waals surface area contributed by atoms with Crippen LogP contribution in [0, 0.1) is 11.3 Å². The van der Waals surface area contributed by atoms with E-state index < -0.39 is 0 Å². The largest absolute Gasteiger partial charge is 0.369 e. The SMILES string of the molecule is CC(C)c1nn(C)cc1NCC#N. The molecule has 13 heavy (non-hydrogen) atoms. The first-order valence-corrected chi connectivity index (χ1v) is 4.29. The summed E-state index contributed by atoms with van der Waals surface area (Å²) in [6.45, 7) is 4.49. The van der Waals surface area contributed by atoms with Crippen LogP contribution in [0.4, 0.5) is 5.69 Å². The average Bonchev–Trinajstić information content (AvgIpc) is 2.43. The predicted octanol–water partition coefficient (Wildman–Crippen LogP) is 1.48.